The monoisotopic (exact) mass is 474 g/mol. The van der Waals surface area contributed by atoms with Crippen molar-refractivity contribution in [3.63, 3.8) is 0 Å². The van der Waals surface area contributed by atoms with Crippen molar-refractivity contribution >= 4 is 92.3 Å². The Morgan fingerprint density at radius 1 is 1.25 bits per heavy atom. The summed E-state index contributed by atoms with van der Waals surface area (Å²) in [4.78, 5) is 22.4. The molecule has 0 spiro atoms. The number of hydrogen-bond donors (Lipinski definition) is 2. The molecular weight excluding hydrogens is 454 g/mol. The van der Waals surface area contributed by atoms with Gasteiger partial charge in [-0.1, -0.05) is 55.7 Å². The third-order valence-electron chi connectivity index (χ3n) is 3.23. The quantitative estimate of drug-likeness (QED) is 0.395. The normalized spacial score (nSPS) is 10.4. The topological polar surface area (TPSA) is 120 Å². The molecule has 1 aromatic heterocycles. The summed E-state index contributed by atoms with van der Waals surface area (Å²) < 4.78 is 5.86. The second-order valence-corrected chi connectivity index (χ2v) is 7.79. The van der Waals surface area contributed by atoms with E-state index in [2.05, 4.69) is 10.2 Å². The number of nitrogen functional groups attached to an aromatic ring is 1. The molecule has 28 heavy (non-hydrogen) atoms. The van der Waals surface area contributed by atoms with Crippen molar-refractivity contribution < 1.29 is 14.6 Å². The predicted molar refractivity (Wildman–Crippen MR) is 114 cm³/mol. The van der Waals surface area contributed by atoms with Crippen LogP contribution in [0.4, 0.5) is 0 Å². The average molecular weight is 475 g/mol. The number of ether oxygens (including phenoxy) is 1. The first kappa shape index (κ1) is 27.7. The molecule has 2 aromatic rings. The first-order valence-electron chi connectivity index (χ1n) is 7.50. The van der Waals surface area contributed by atoms with E-state index in [4.69, 9.17) is 38.9 Å². The van der Waals surface area contributed by atoms with E-state index >= 15 is 0 Å². The van der Waals surface area contributed by atoms with Gasteiger partial charge in [-0.05, 0) is 18.4 Å². The molecule has 1 heterocycles. The van der Waals surface area contributed by atoms with Gasteiger partial charge in [-0.3, -0.25) is 4.79 Å². The summed E-state index contributed by atoms with van der Waals surface area (Å²) >= 11 is 12.6. The van der Waals surface area contributed by atoms with Crippen molar-refractivity contribution in [2.24, 2.45) is 0 Å². The van der Waals surface area contributed by atoms with Crippen LogP contribution in [0.15, 0.2) is 22.1 Å². The molecule has 2 rings (SSSR count). The molecule has 0 atom stereocenters. The molecule has 0 saturated carbocycles. The predicted octanol–water partition coefficient (Wildman–Crippen LogP) is 2.42. The Kier molecular flexibility index (Phi) is 11.6. The molecule has 150 valence electrons. The molecule has 0 aliphatic carbocycles. The zero-order valence-corrected chi connectivity index (χ0v) is 17.7. The third-order valence-corrected chi connectivity index (χ3v) is 4.49. The number of carbonyl (C=O) groups is 1. The van der Waals surface area contributed by atoms with Gasteiger partial charge in [0, 0.05) is 5.41 Å². The number of halogens is 2. The fourth-order valence-electron chi connectivity index (χ4n) is 1.93. The number of carboxylic acids is 1. The Morgan fingerprint density at radius 3 is 2.18 bits per heavy atom. The van der Waals surface area contributed by atoms with Gasteiger partial charge in [0.25, 0.3) is 5.56 Å². The summed E-state index contributed by atoms with van der Waals surface area (Å²) in [7, 11) is 1.34. The van der Waals surface area contributed by atoms with E-state index in [-0.39, 0.29) is 83.7 Å². The van der Waals surface area contributed by atoms with Crippen LogP contribution in [0.2, 0.25) is 10.0 Å². The number of carboxylic acid groups (broad SMARTS) is 1. The van der Waals surface area contributed by atoms with E-state index in [0.29, 0.717) is 10.9 Å². The summed E-state index contributed by atoms with van der Waals surface area (Å²) in [6.07, 6.45) is 1.80. The van der Waals surface area contributed by atoms with Gasteiger partial charge >= 0.3 is 57.4 Å². The summed E-state index contributed by atoms with van der Waals surface area (Å²) in [5.41, 5.74) is -0.339. The molecule has 0 aliphatic heterocycles. The number of rotatable bonds is 3. The number of benzene rings is 1. The van der Waals surface area contributed by atoms with E-state index in [1.807, 2.05) is 20.8 Å². The zero-order valence-electron chi connectivity index (χ0n) is 15.4. The van der Waals surface area contributed by atoms with Gasteiger partial charge < -0.3 is 15.7 Å². The molecular formula is C16H21Cl2KN4O4S. The summed E-state index contributed by atoms with van der Waals surface area (Å²) in [5, 5.41) is 17.3. The SMILES string of the molecule is COc1c(Cl)ccc(Cl)c1C(=O)O.CSc1nnc(C(C)(C)C)c(=O)n1N.[KH]. The molecule has 1 aromatic carbocycles. The molecule has 0 aliphatic rings. The van der Waals surface area contributed by atoms with Gasteiger partial charge in [-0.15, -0.1) is 10.2 Å². The molecule has 8 nitrogen and oxygen atoms in total. The van der Waals surface area contributed by atoms with Crippen molar-refractivity contribution in [2.45, 2.75) is 31.3 Å². The fourth-order valence-corrected chi connectivity index (χ4v) is 2.79. The third kappa shape index (κ3) is 6.87. The van der Waals surface area contributed by atoms with Crippen LogP contribution in [-0.2, 0) is 5.41 Å². The van der Waals surface area contributed by atoms with Gasteiger partial charge in [-0.2, -0.15) is 4.68 Å². The van der Waals surface area contributed by atoms with Crippen molar-refractivity contribution in [1.82, 2.24) is 14.9 Å². The molecule has 0 fully saturated rings. The molecule has 0 unspecified atom stereocenters. The average Bonchev–Trinajstić information content (AvgIpc) is 2.58. The minimum atomic E-state index is -1.16. The van der Waals surface area contributed by atoms with Gasteiger partial charge in [-0.25, -0.2) is 4.79 Å². The van der Waals surface area contributed by atoms with Crippen LogP contribution < -0.4 is 16.1 Å². The van der Waals surface area contributed by atoms with Crippen molar-refractivity contribution in [3.05, 3.63) is 43.8 Å². The summed E-state index contributed by atoms with van der Waals surface area (Å²) in [6.45, 7) is 5.70. The Balaban J connectivity index is 0.000000504. The van der Waals surface area contributed by atoms with Crippen LogP contribution in [0, 0.1) is 0 Å². The Morgan fingerprint density at radius 2 is 1.79 bits per heavy atom. The number of aromatic carboxylic acids is 1. The van der Waals surface area contributed by atoms with Crippen molar-refractivity contribution in [3.8, 4) is 5.75 Å². The van der Waals surface area contributed by atoms with Gasteiger partial charge in [0.1, 0.15) is 11.3 Å². The van der Waals surface area contributed by atoms with Crippen LogP contribution in [0.3, 0.4) is 0 Å². The summed E-state index contributed by atoms with van der Waals surface area (Å²) in [6, 6.07) is 2.89. The molecule has 0 bridgehead atoms. The Hall–Kier alpha value is -0.334. The first-order chi connectivity index (χ1) is 12.4. The second kappa shape index (κ2) is 11.7. The van der Waals surface area contributed by atoms with Crippen LogP contribution >= 0.6 is 35.0 Å². The standard InChI is InChI=1S/C8H6Cl2O3.C8H14N4OS.K.H/c1-13-7-5(10)3-2-4(9)6(7)8(11)12;1-8(2,3)5-6(13)12(9)7(14-4)11-10-5;;/h2-3H,1H3,(H,11,12);9H2,1-4H3;;. The fraction of sp³-hybridized carbons (Fsp3) is 0.375. The molecule has 0 radical (unpaired) electrons. The van der Waals surface area contributed by atoms with E-state index in [1.165, 1.54) is 31.0 Å². The molecule has 3 N–H and O–H groups in total. The summed E-state index contributed by atoms with van der Waals surface area (Å²) in [5.74, 6) is 4.49. The molecule has 12 heteroatoms. The second-order valence-electron chi connectivity index (χ2n) is 6.20. The minimum absolute atomic E-state index is 0. The van der Waals surface area contributed by atoms with Crippen molar-refractivity contribution in [1.29, 1.82) is 0 Å². The van der Waals surface area contributed by atoms with Crippen LogP contribution in [0.1, 0.15) is 36.8 Å². The number of methoxy groups -OCH3 is 1. The molecule has 0 amide bonds. The van der Waals surface area contributed by atoms with E-state index < -0.39 is 5.97 Å². The van der Waals surface area contributed by atoms with E-state index in [1.54, 1.807) is 6.26 Å². The number of thioether (sulfide) groups is 1. The van der Waals surface area contributed by atoms with Crippen molar-refractivity contribution in [2.75, 3.05) is 19.2 Å². The number of aromatic nitrogens is 3. The first-order valence-corrected chi connectivity index (χ1v) is 9.48. The van der Waals surface area contributed by atoms with Gasteiger partial charge in [0.15, 0.2) is 5.75 Å². The number of nitrogens with zero attached hydrogens (tertiary/aromatic N) is 3. The Labute approximate surface area is 219 Å². The maximum atomic E-state index is 11.7. The number of hydrogen-bond acceptors (Lipinski definition) is 7. The van der Waals surface area contributed by atoms with Crippen LogP contribution in [0.25, 0.3) is 0 Å². The molecule has 0 saturated heterocycles. The van der Waals surface area contributed by atoms with E-state index in [0.717, 1.165) is 4.68 Å². The number of nitrogens with two attached hydrogens (primary N) is 1. The Bertz CT molecular complexity index is 903. The zero-order chi connectivity index (χ0) is 20.9. The van der Waals surface area contributed by atoms with Gasteiger partial charge in [0.2, 0.25) is 5.16 Å². The van der Waals surface area contributed by atoms with Gasteiger partial charge in [0.05, 0.1) is 17.2 Å². The maximum absolute atomic E-state index is 11.7. The van der Waals surface area contributed by atoms with Crippen LogP contribution in [0.5, 0.6) is 5.75 Å². The van der Waals surface area contributed by atoms with Crippen LogP contribution in [-0.4, -0.2) is 90.7 Å². The van der Waals surface area contributed by atoms with E-state index in [9.17, 15) is 9.59 Å².